The fourth-order valence-electron chi connectivity index (χ4n) is 2.57. The van der Waals surface area contributed by atoms with Crippen molar-refractivity contribution in [2.24, 2.45) is 0 Å². The van der Waals surface area contributed by atoms with Crippen LogP contribution in [0.4, 0.5) is 5.69 Å². The summed E-state index contributed by atoms with van der Waals surface area (Å²) in [7, 11) is 4.21. The molecule has 1 unspecified atom stereocenters. The number of hydrogen-bond acceptors (Lipinski definition) is 3. The third kappa shape index (κ3) is 3.28. The minimum Gasteiger partial charge on any atom is -0.478 e. The van der Waals surface area contributed by atoms with E-state index >= 15 is 0 Å². The van der Waals surface area contributed by atoms with Crippen LogP contribution in [0, 0.1) is 0 Å². The molecule has 0 bridgehead atoms. The van der Waals surface area contributed by atoms with Gasteiger partial charge in [-0.05, 0) is 60.6 Å². The van der Waals surface area contributed by atoms with Crippen molar-refractivity contribution in [3.05, 3.63) is 28.2 Å². The van der Waals surface area contributed by atoms with Crippen LogP contribution in [0.3, 0.4) is 0 Å². The zero-order chi connectivity index (χ0) is 14.0. The normalized spacial score (nSPS) is 19.6. The van der Waals surface area contributed by atoms with E-state index in [4.69, 9.17) is 5.11 Å². The summed E-state index contributed by atoms with van der Waals surface area (Å²) in [5.74, 6) is -0.898. The Morgan fingerprint density at radius 3 is 2.84 bits per heavy atom. The predicted molar refractivity (Wildman–Crippen MR) is 80.0 cm³/mol. The summed E-state index contributed by atoms with van der Waals surface area (Å²) in [4.78, 5) is 15.5. The van der Waals surface area contributed by atoms with Gasteiger partial charge < -0.3 is 14.9 Å². The number of halogens is 1. The molecule has 5 heteroatoms. The molecule has 0 aliphatic carbocycles. The average molecular weight is 327 g/mol. The van der Waals surface area contributed by atoms with Gasteiger partial charge in [0.05, 0.1) is 11.3 Å². The summed E-state index contributed by atoms with van der Waals surface area (Å²) in [6, 6.07) is 5.75. The highest BCUT2D eigenvalue weighted by Gasteiger charge is 2.22. The van der Waals surface area contributed by atoms with Crippen molar-refractivity contribution in [2.45, 2.75) is 18.9 Å². The highest BCUT2D eigenvalue weighted by molar-refractivity contribution is 9.10. The van der Waals surface area contributed by atoms with Crippen molar-refractivity contribution in [1.82, 2.24) is 4.90 Å². The van der Waals surface area contributed by atoms with Gasteiger partial charge in [0.1, 0.15) is 0 Å². The van der Waals surface area contributed by atoms with Crippen LogP contribution in [0.15, 0.2) is 22.7 Å². The Labute approximate surface area is 122 Å². The standard InChI is InChI=1S/C14H19BrN2O2/c1-16-7-3-4-11(16)9-17(2)13-6-5-10(14(18)19)8-12(13)15/h5-6,8,11H,3-4,7,9H2,1-2H3,(H,18,19). The van der Waals surface area contributed by atoms with Crippen LogP contribution in [0.2, 0.25) is 0 Å². The van der Waals surface area contributed by atoms with E-state index in [1.165, 1.54) is 12.8 Å². The first kappa shape index (κ1) is 14.3. The Kier molecular flexibility index (Phi) is 4.47. The van der Waals surface area contributed by atoms with E-state index in [2.05, 4.69) is 32.8 Å². The summed E-state index contributed by atoms with van der Waals surface area (Å²) in [5, 5.41) is 8.96. The quantitative estimate of drug-likeness (QED) is 0.923. The predicted octanol–water partition coefficient (Wildman–Crippen LogP) is 2.68. The van der Waals surface area contributed by atoms with E-state index in [9.17, 15) is 4.79 Å². The van der Waals surface area contributed by atoms with Gasteiger partial charge >= 0.3 is 5.97 Å². The van der Waals surface area contributed by atoms with Gasteiger partial charge in [0.25, 0.3) is 0 Å². The van der Waals surface area contributed by atoms with Crippen molar-refractivity contribution in [1.29, 1.82) is 0 Å². The van der Waals surface area contributed by atoms with Gasteiger partial charge in [-0.3, -0.25) is 0 Å². The summed E-state index contributed by atoms with van der Waals surface area (Å²) in [5.41, 5.74) is 1.34. The maximum atomic E-state index is 10.9. The molecule has 0 spiro atoms. The van der Waals surface area contributed by atoms with Crippen molar-refractivity contribution in [3.63, 3.8) is 0 Å². The number of carboxylic acids is 1. The molecule has 0 amide bonds. The highest BCUT2D eigenvalue weighted by atomic mass is 79.9. The Morgan fingerprint density at radius 1 is 1.58 bits per heavy atom. The van der Waals surface area contributed by atoms with Crippen LogP contribution >= 0.6 is 15.9 Å². The molecule has 2 rings (SSSR count). The Morgan fingerprint density at radius 2 is 2.32 bits per heavy atom. The molecule has 1 heterocycles. The Hall–Kier alpha value is -1.07. The lowest BCUT2D eigenvalue weighted by Crippen LogP contribution is -2.36. The zero-order valence-electron chi connectivity index (χ0n) is 11.3. The second-order valence-corrected chi connectivity index (χ2v) is 5.98. The summed E-state index contributed by atoms with van der Waals surface area (Å²) in [6.07, 6.45) is 2.49. The third-order valence-electron chi connectivity index (χ3n) is 3.76. The van der Waals surface area contributed by atoms with E-state index < -0.39 is 5.97 Å². The molecular weight excluding hydrogens is 308 g/mol. The average Bonchev–Trinajstić information content (AvgIpc) is 2.74. The summed E-state index contributed by atoms with van der Waals surface area (Å²) in [6.45, 7) is 2.12. The third-order valence-corrected chi connectivity index (χ3v) is 4.40. The molecule has 1 fully saturated rings. The lowest BCUT2D eigenvalue weighted by Gasteiger charge is -2.28. The molecule has 19 heavy (non-hydrogen) atoms. The molecule has 1 saturated heterocycles. The van der Waals surface area contributed by atoms with Crippen LogP contribution in [0.1, 0.15) is 23.2 Å². The number of nitrogens with zero attached hydrogens (tertiary/aromatic N) is 2. The summed E-state index contributed by atoms with van der Waals surface area (Å²) >= 11 is 3.46. The molecule has 0 aromatic heterocycles. The second-order valence-electron chi connectivity index (χ2n) is 5.13. The van der Waals surface area contributed by atoms with Crippen LogP contribution in [0.25, 0.3) is 0 Å². The van der Waals surface area contributed by atoms with Gasteiger partial charge in [-0.15, -0.1) is 0 Å². The minimum absolute atomic E-state index is 0.307. The topological polar surface area (TPSA) is 43.8 Å². The molecule has 1 aromatic carbocycles. The first-order valence-corrected chi connectivity index (χ1v) is 7.22. The van der Waals surface area contributed by atoms with Crippen LogP contribution in [-0.2, 0) is 0 Å². The van der Waals surface area contributed by atoms with Gasteiger partial charge in [-0.1, -0.05) is 0 Å². The zero-order valence-corrected chi connectivity index (χ0v) is 12.9. The van der Waals surface area contributed by atoms with E-state index in [1.54, 1.807) is 12.1 Å². The lowest BCUT2D eigenvalue weighted by atomic mass is 10.1. The molecule has 0 radical (unpaired) electrons. The van der Waals surface area contributed by atoms with Gasteiger partial charge in [0.15, 0.2) is 0 Å². The maximum Gasteiger partial charge on any atom is 0.335 e. The Balaban J connectivity index is 2.10. The van der Waals surface area contributed by atoms with Gasteiger partial charge in [-0.2, -0.15) is 0 Å². The SMILES string of the molecule is CN(CC1CCCN1C)c1ccc(C(=O)O)cc1Br. The molecule has 4 nitrogen and oxygen atoms in total. The van der Waals surface area contributed by atoms with E-state index in [1.807, 2.05) is 13.1 Å². The first-order chi connectivity index (χ1) is 8.99. The van der Waals surface area contributed by atoms with Crippen LogP contribution in [-0.4, -0.2) is 49.2 Å². The van der Waals surface area contributed by atoms with Crippen molar-refractivity contribution in [2.75, 3.05) is 32.1 Å². The van der Waals surface area contributed by atoms with Crippen LogP contribution in [0.5, 0.6) is 0 Å². The van der Waals surface area contributed by atoms with Gasteiger partial charge in [0, 0.05) is 24.1 Å². The highest BCUT2D eigenvalue weighted by Crippen LogP contribution is 2.28. The number of hydrogen-bond donors (Lipinski definition) is 1. The van der Waals surface area contributed by atoms with E-state index in [0.717, 1.165) is 23.2 Å². The smallest absolute Gasteiger partial charge is 0.335 e. The number of likely N-dealkylation sites (tertiary alicyclic amines) is 1. The Bertz CT molecular complexity index is 479. The number of carboxylic acid groups (broad SMARTS) is 1. The van der Waals surface area contributed by atoms with Gasteiger partial charge in [-0.25, -0.2) is 4.79 Å². The molecule has 1 aliphatic rings. The lowest BCUT2D eigenvalue weighted by molar-refractivity contribution is 0.0697. The number of rotatable bonds is 4. The molecule has 1 aromatic rings. The fourth-order valence-corrected chi connectivity index (χ4v) is 3.26. The monoisotopic (exact) mass is 326 g/mol. The number of aromatic carboxylic acids is 1. The van der Waals surface area contributed by atoms with E-state index in [-0.39, 0.29) is 0 Å². The van der Waals surface area contributed by atoms with Gasteiger partial charge in [0.2, 0.25) is 0 Å². The summed E-state index contributed by atoms with van der Waals surface area (Å²) < 4.78 is 0.829. The molecule has 104 valence electrons. The van der Waals surface area contributed by atoms with Crippen molar-refractivity contribution in [3.8, 4) is 0 Å². The van der Waals surface area contributed by atoms with Crippen LogP contribution < -0.4 is 4.90 Å². The number of anilines is 1. The molecule has 1 atom stereocenters. The minimum atomic E-state index is -0.898. The van der Waals surface area contributed by atoms with E-state index in [0.29, 0.717) is 11.6 Å². The molecular formula is C14H19BrN2O2. The maximum absolute atomic E-state index is 10.9. The number of benzene rings is 1. The molecule has 1 N–H and O–H groups in total. The van der Waals surface area contributed by atoms with Crippen molar-refractivity contribution < 1.29 is 9.90 Å². The first-order valence-electron chi connectivity index (χ1n) is 6.43. The molecule has 1 aliphatic heterocycles. The number of likely N-dealkylation sites (N-methyl/N-ethyl adjacent to an activating group) is 2. The molecule has 0 saturated carbocycles. The van der Waals surface area contributed by atoms with Crippen molar-refractivity contribution >= 4 is 27.6 Å². The fraction of sp³-hybridized carbons (Fsp3) is 0.500. The number of carbonyl (C=O) groups is 1. The largest absolute Gasteiger partial charge is 0.478 e. The second kappa shape index (κ2) is 5.92.